The fourth-order valence-corrected chi connectivity index (χ4v) is 3.35. The van der Waals surface area contributed by atoms with Crippen molar-refractivity contribution in [3.63, 3.8) is 0 Å². The van der Waals surface area contributed by atoms with Gasteiger partial charge in [0, 0.05) is 17.0 Å². The maximum atomic E-state index is 14.5. The van der Waals surface area contributed by atoms with Crippen LogP contribution >= 0.6 is 0 Å². The van der Waals surface area contributed by atoms with E-state index in [9.17, 15) is 4.39 Å². The van der Waals surface area contributed by atoms with Crippen molar-refractivity contribution in [2.45, 2.75) is 39.2 Å². The molecule has 4 nitrogen and oxygen atoms in total. The fraction of sp³-hybridized carbons (Fsp3) is 0.300. The minimum atomic E-state index is -0.449. The van der Waals surface area contributed by atoms with Gasteiger partial charge < -0.3 is 0 Å². The molecule has 0 fully saturated rings. The van der Waals surface area contributed by atoms with Crippen LogP contribution in [0.4, 0.5) is 4.39 Å². The summed E-state index contributed by atoms with van der Waals surface area (Å²) < 4.78 is 14.5. The molecule has 0 N–H and O–H groups in total. The van der Waals surface area contributed by atoms with Crippen LogP contribution < -0.4 is 0 Å². The van der Waals surface area contributed by atoms with E-state index >= 15 is 0 Å². The van der Waals surface area contributed by atoms with E-state index in [1.54, 1.807) is 6.07 Å². The van der Waals surface area contributed by atoms with Gasteiger partial charge in [-0.3, -0.25) is 4.99 Å². The second-order valence-electron chi connectivity index (χ2n) is 7.11. The smallest absolute Gasteiger partial charge is 0.201 e. The Hall–Kier alpha value is -2.69. The summed E-state index contributed by atoms with van der Waals surface area (Å²) in [5.74, 6) is 0.183. The molecule has 0 saturated heterocycles. The molecule has 0 radical (unpaired) electrons. The first kappa shape index (κ1) is 15.8. The van der Waals surface area contributed by atoms with Gasteiger partial charge >= 0.3 is 0 Å². The van der Waals surface area contributed by atoms with E-state index in [-0.39, 0.29) is 11.7 Å². The Morgan fingerprint density at radius 3 is 2.60 bits per heavy atom. The summed E-state index contributed by atoms with van der Waals surface area (Å²) in [6.45, 7) is 7.99. The third-order valence-corrected chi connectivity index (χ3v) is 5.10. The molecule has 2 heterocycles. The molecule has 0 aliphatic carbocycles. The topological polar surface area (TPSA) is 51.0 Å². The largest absolute Gasteiger partial charge is 0.274 e. The molecule has 1 aliphatic rings. The molecule has 0 bridgehead atoms. The number of nitrogens with zero attached hydrogens (tertiary/aromatic N) is 4. The average molecular weight is 334 g/mol. The van der Waals surface area contributed by atoms with E-state index in [4.69, 9.17) is 4.99 Å². The number of aromatic nitrogens is 3. The Morgan fingerprint density at radius 2 is 1.80 bits per heavy atom. The predicted molar refractivity (Wildman–Crippen MR) is 96.6 cm³/mol. The molecule has 3 aromatic rings. The first-order valence-electron chi connectivity index (χ1n) is 8.37. The molecule has 5 heteroatoms. The van der Waals surface area contributed by atoms with Crippen LogP contribution in [0, 0.1) is 12.7 Å². The van der Waals surface area contributed by atoms with Crippen LogP contribution in [0.25, 0.3) is 11.0 Å². The normalized spacial score (nSPS) is 18.8. The number of hydrogen-bond acceptors (Lipinski definition) is 4. The highest BCUT2D eigenvalue weighted by atomic mass is 19.1. The number of fused-ring (bicyclic) bond motifs is 2. The first-order valence-corrected chi connectivity index (χ1v) is 8.37. The molecule has 2 aromatic carbocycles. The monoisotopic (exact) mass is 334 g/mol. The van der Waals surface area contributed by atoms with Crippen LogP contribution in [0.1, 0.15) is 49.2 Å². The Bertz CT molecular complexity index is 1020. The van der Waals surface area contributed by atoms with E-state index in [0.29, 0.717) is 17.1 Å². The van der Waals surface area contributed by atoms with Gasteiger partial charge in [-0.1, -0.05) is 31.2 Å². The average Bonchev–Trinajstić information content (AvgIpc) is 2.58. The van der Waals surface area contributed by atoms with Crippen LogP contribution in [0.5, 0.6) is 0 Å². The summed E-state index contributed by atoms with van der Waals surface area (Å²) in [4.78, 5) is 9.51. The molecule has 1 aromatic heterocycles. The van der Waals surface area contributed by atoms with E-state index in [0.717, 1.165) is 22.2 Å². The molecule has 0 amide bonds. The lowest BCUT2D eigenvalue weighted by molar-refractivity contribution is 0.417. The summed E-state index contributed by atoms with van der Waals surface area (Å²) in [6.07, 6.45) is 0. The summed E-state index contributed by atoms with van der Waals surface area (Å²) in [6, 6.07) is 10.9. The van der Waals surface area contributed by atoms with Gasteiger partial charge in [0.05, 0.1) is 11.1 Å². The molecule has 126 valence electrons. The van der Waals surface area contributed by atoms with Gasteiger partial charge in [-0.05, 0) is 38.5 Å². The van der Waals surface area contributed by atoms with E-state index in [2.05, 4.69) is 15.2 Å². The standard InChI is InChI=1S/C20H19FN4/c1-11-7-5-10-15-17(11)24-25-19(22-15)18-13-8-6-9-14(21)16(13)12(2)20(3,4)23-18/h5-10,12H,1-4H3. The highest BCUT2D eigenvalue weighted by Crippen LogP contribution is 2.39. The van der Waals surface area contributed by atoms with Crippen LogP contribution in [0.3, 0.4) is 0 Å². The molecule has 1 aliphatic heterocycles. The molecule has 25 heavy (non-hydrogen) atoms. The fourth-order valence-electron chi connectivity index (χ4n) is 3.35. The maximum Gasteiger partial charge on any atom is 0.201 e. The minimum absolute atomic E-state index is 0.0388. The third-order valence-electron chi connectivity index (χ3n) is 5.10. The Morgan fingerprint density at radius 1 is 1.04 bits per heavy atom. The second kappa shape index (κ2) is 5.41. The summed E-state index contributed by atoms with van der Waals surface area (Å²) in [7, 11) is 0. The Kier molecular flexibility index (Phi) is 3.42. The lowest BCUT2D eigenvalue weighted by Gasteiger charge is -2.35. The maximum absolute atomic E-state index is 14.5. The lowest BCUT2D eigenvalue weighted by atomic mass is 9.77. The molecule has 4 rings (SSSR count). The van der Waals surface area contributed by atoms with Crippen molar-refractivity contribution in [1.82, 2.24) is 15.2 Å². The van der Waals surface area contributed by atoms with E-state index in [1.165, 1.54) is 6.07 Å². The van der Waals surface area contributed by atoms with E-state index in [1.807, 2.05) is 52.0 Å². The summed E-state index contributed by atoms with van der Waals surface area (Å²) >= 11 is 0. The van der Waals surface area contributed by atoms with Gasteiger partial charge in [-0.25, -0.2) is 9.37 Å². The van der Waals surface area contributed by atoms with Gasteiger partial charge in [0.25, 0.3) is 0 Å². The highest BCUT2D eigenvalue weighted by Gasteiger charge is 2.37. The molecule has 1 unspecified atom stereocenters. The van der Waals surface area contributed by atoms with Crippen molar-refractivity contribution in [1.29, 1.82) is 0 Å². The van der Waals surface area contributed by atoms with Crippen molar-refractivity contribution < 1.29 is 4.39 Å². The van der Waals surface area contributed by atoms with Gasteiger partial charge in [-0.15, -0.1) is 10.2 Å². The molecular weight excluding hydrogens is 315 g/mol. The van der Waals surface area contributed by atoms with Crippen molar-refractivity contribution in [2.75, 3.05) is 0 Å². The van der Waals surface area contributed by atoms with E-state index < -0.39 is 5.54 Å². The number of rotatable bonds is 1. The summed E-state index contributed by atoms with van der Waals surface area (Å²) in [5.41, 5.74) is 4.14. The molecule has 0 spiro atoms. The minimum Gasteiger partial charge on any atom is -0.274 e. The number of aliphatic imine (C=N–C) groups is 1. The zero-order valence-electron chi connectivity index (χ0n) is 14.7. The first-order chi connectivity index (χ1) is 11.9. The Labute approximate surface area is 145 Å². The Balaban J connectivity index is 1.97. The third kappa shape index (κ3) is 2.42. The lowest BCUT2D eigenvalue weighted by Crippen LogP contribution is -2.34. The summed E-state index contributed by atoms with van der Waals surface area (Å²) in [5, 5.41) is 8.63. The second-order valence-corrected chi connectivity index (χ2v) is 7.11. The molecule has 0 saturated carbocycles. The quantitative estimate of drug-likeness (QED) is 0.670. The van der Waals surface area contributed by atoms with Crippen LogP contribution in [-0.4, -0.2) is 26.4 Å². The SMILES string of the molecule is Cc1cccc2nc(C3=NC(C)(C)C(C)c4c(F)cccc43)nnc12. The molecular formula is C20H19FN4. The molecule has 1 atom stereocenters. The zero-order valence-corrected chi connectivity index (χ0v) is 14.7. The van der Waals surface area contributed by atoms with Crippen molar-refractivity contribution >= 4 is 16.7 Å². The zero-order chi connectivity index (χ0) is 17.8. The van der Waals surface area contributed by atoms with Crippen molar-refractivity contribution in [3.05, 3.63) is 64.7 Å². The van der Waals surface area contributed by atoms with Crippen LogP contribution in [0.15, 0.2) is 41.4 Å². The van der Waals surface area contributed by atoms with Crippen LogP contribution in [-0.2, 0) is 0 Å². The number of halogens is 1. The number of hydrogen-bond donors (Lipinski definition) is 0. The van der Waals surface area contributed by atoms with Crippen LogP contribution in [0.2, 0.25) is 0 Å². The highest BCUT2D eigenvalue weighted by molar-refractivity contribution is 6.13. The number of aryl methyl sites for hydroxylation is 1. The van der Waals surface area contributed by atoms with Crippen molar-refractivity contribution in [3.8, 4) is 0 Å². The predicted octanol–water partition coefficient (Wildman–Crippen LogP) is 4.21. The van der Waals surface area contributed by atoms with Gasteiger partial charge in [0.2, 0.25) is 5.82 Å². The number of benzene rings is 2. The van der Waals surface area contributed by atoms with Gasteiger partial charge in [0.15, 0.2) is 0 Å². The van der Waals surface area contributed by atoms with Gasteiger partial charge in [-0.2, -0.15) is 0 Å². The van der Waals surface area contributed by atoms with Crippen molar-refractivity contribution in [2.24, 2.45) is 4.99 Å². The van der Waals surface area contributed by atoms with Gasteiger partial charge in [0.1, 0.15) is 17.0 Å².